The molecule has 3 nitrogen and oxygen atoms in total. The van der Waals surface area contributed by atoms with Crippen LogP contribution in [0.5, 0.6) is 0 Å². The van der Waals surface area contributed by atoms with Crippen molar-refractivity contribution in [2.75, 3.05) is 5.75 Å². The fourth-order valence-electron chi connectivity index (χ4n) is 1.83. The third kappa shape index (κ3) is 3.37. The van der Waals surface area contributed by atoms with Crippen molar-refractivity contribution >= 4 is 28.8 Å². The van der Waals surface area contributed by atoms with Gasteiger partial charge in [0.1, 0.15) is 11.1 Å². The third-order valence-electron chi connectivity index (χ3n) is 3.00. The van der Waals surface area contributed by atoms with E-state index >= 15 is 0 Å². The molecule has 1 aliphatic heterocycles. The highest BCUT2D eigenvalue weighted by molar-refractivity contribution is 8.15. The van der Waals surface area contributed by atoms with Crippen LogP contribution in [0.15, 0.2) is 34.8 Å². The summed E-state index contributed by atoms with van der Waals surface area (Å²) in [6.07, 6.45) is 1.77. The van der Waals surface area contributed by atoms with Crippen LogP contribution in [0.4, 0.5) is 0 Å². The molecule has 0 aliphatic carbocycles. The van der Waals surface area contributed by atoms with E-state index in [0.717, 1.165) is 5.56 Å². The summed E-state index contributed by atoms with van der Waals surface area (Å²) >= 11 is 1.32. The standard InChI is InChI=1S/C16H16N2OS/c1-16(2,3)13-6-4-11(5-7-13)8-12(9-17)15-18-14(19)10-20-15/h4-8H,10H2,1-3H3/b12-8+. The molecule has 0 bridgehead atoms. The van der Waals surface area contributed by atoms with Gasteiger partial charge in [0.2, 0.25) is 0 Å². The highest BCUT2D eigenvalue weighted by atomic mass is 32.2. The molecule has 1 aliphatic rings. The largest absolute Gasteiger partial charge is 0.272 e. The van der Waals surface area contributed by atoms with Crippen LogP contribution < -0.4 is 0 Å². The molecule has 0 saturated carbocycles. The Morgan fingerprint density at radius 1 is 1.35 bits per heavy atom. The molecule has 1 amide bonds. The number of benzene rings is 1. The van der Waals surface area contributed by atoms with Crippen molar-refractivity contribution in [3.8, 4) is 6.07 Å². The molecule has 0 unspecified atom stereocenters. The molecule has 1 heterocycles. The minimum absolute atomic E-state index is 0.109. The van der Waals surface area contributed by atoms with Gasteiger partial charge in [0.05, 0.1) is 11.3 Å². The molecule has 0 spiro atoms. The summed E-state index contributed by atoms with van der Waals surface area (Å²) in [5.41, 5.74) is 2.75. The lowest BCUT2D eigenvalue weighted by molar-refractivity contribution is -0.115. The first kappa shape index (κ1) is 14.5. The number of thioether (sulfide) groups is 1. The Morgan fingerprint density at radius 2 is 2.00 bits per heavy atom. The minimum Gasteiger partial charge on any atom is -0.272 e. The van der Waals surface area contributed by atoms with Crippen molar-refractivity contribution in [2.24, 2.45) is 4.99 Å². The lowest BCUT2D eigenvalue weighted by Crippen LogP contribution is -2.10. The SMILES string of the molecule is CC(C)(C)c1ccc(/C=C(\C#N)C2=NC(=O)CS2)cc1. The van der Waals surface area contributed by atoms with Crippen LogP contribution in [0.1, 0.15) is 31.9 Å². The van der Waals surface area contributed by atoms with Crippen LogP contribution in [0.2, 0.25) is 0 Å². The Labute approximate surface area is 123 Å². The maximum absolute atomic E-state index is 11.1. The minimum atomic E-state index is -0.172. The van der Waals surface area contributed by atoms with E-state index in [2.05, 4.69) is 44.0 Å². The zero-order valence-corrected chi connectivity index (χ0v) is 12.6. The van der Waals surface area contributed by atoms with Gasteiger partial charge in [-0.1, -0.05) is 56.8 Å². The average molecular weight is 284 g/mol. The molecule has 102 valence electrons. The molecule has 20 heavy (non-hydrogen) atoms. The number of hydrogen-bond donors (Lipinski definition) is 0. The molecule has 2 rings (SSSR count). The first-order chi connectivity index (χ1) is 9.40. The molecule has 0 fully saturated rings. The van der Waals surface area contributed by atoms with Gasteiger partial charge in [0.15, 0.2) is 0 Å². The Balaban J connectivity index is 2.28. The lowest BCUT2D eigenvalue weighted by atomic mass is 9.86. The second-order valence-corrected chi connectivity index (χ2v) is 6.61. The Hall–Kier alpha value is -1.86. The summed E-state index contributed by atoms with van der Waals surface area (Å²) in [5, 5.41) is 9.72. The van der Waals surface area contributed by atoms with E-state index in [-0.39, 0.29) is 11.3 Å². The van der Waals surface area contributed by atoms with Gasteiger partial charge in [-0.15, -0.1) is 0 Å². The van der Waals surface area contributed by atoms with Gasteiger partial charge in [0, 0.05) is 0 Å². The van der Waals surface area contributed by atoms with Crippen LogP contribution in [-0.2, 0) is 10.2 Å². The van der Waals surface area contributed by atoms with E-state index in [1.165, 1.54) is 17.3 Å². The normalized spacial score (nSPS) is 16.0. The molecule has 0 saturated heterocycles. The molecule has 0 N–H and O–H groups in total. The molecule has 0 aromatic heterocycles. The van der Waals surface area contributed by atoms with Gasteiger partial charge in [-0.05, 0) is 22.6 Å². The van der Waals surface area contributed by atoms with Gasteiger partial charge in [-0.2, -0.15) is 5.26 Å². The summed E-state index contributed by atoms with van der Waals surface area (Å²) in [5.74, 6) is 0.159. The molecule has 1 aromatic carbocycles. The quantitative estimate of drug-likeness (QED) is 0.780. The predicted octanol–water partition coefficient (Wildman–Crippen LogP) is 3.56. The highest BCUT2D eigenvalue weighted by Crippen LogP contribution is 2.24. The van der Waals surface area contributed by atoms with E-state index in [1.807, 2.05) is 12.1 Å². The van der Waals surface area contributed by atoms with Crippen LogP contribution in [0, 0.1) is 11.3 Å². The molecule has 0 radical (unpaired) electrons. The maximum atomic E-state index is 11.1. The summed E-state index contributed by atoms with van der Waals surface area (Å²) in [4.78, 5) is 15.0. The van der Waals surface area contributed by atoms with Crippen LogP contribution >= 0.6 is 11.8 Å². The average Bonchev–Trinajstić information content (AvgIpc) is 2.82. The fourth-order valence-corrected chi connectivity index (χ4v) is 2.58. The lowest BCUT2D eigenvalue weighted by Gasteiger charge is -2.18. The number of nitriles is 1. The zero-order chi connectivity index (χ0) is 14.8. The Morgan fingerprint density at radius 3 is 2.45 bits per heavy atom. The van der Waals surface area contributed by atoms with E-state index in [1.54, 1.807) is 6.08 Å². The number of aliphatic imine (C=N–C) groups is 1. The van der Waals surface area contributed by atoms with Crippen molar-refractivity contribution in [1.29, 1.82) is 5.26 Å². The van der Waals surface area contributed by atoms with Crippen molar-refractivity contribution in [3.05, 3.63) is 41.0 Å². The van der Waals surface area contributed by atoms with Gasteiger partial charge < -0.3 is 0 Å². The molecule has 0 atom stereocenters. The zero-order valence-electron chi connectivity index (χ0n) is 11.8. The molecule has 4 heteroatoms. The van der Waals surface area contributed by atoms with Gasteiger partial charge in [-0.25, -0.2) is 4.99 Å². The number of carbonyl (C=O) groups excluding carboxylic acids is 1. The number of amides is 1. The van der Waals surface area contributed by atoms with E-state index in [0.29, 0.717) is 16.4 Å². The predicted molar refractivity (Wildman–Crippen MR) is 83.6 cm³/mol. The molecule has 1 aromatic rings. The van der Waals surface area contributed by atoms with Crippen molar-refractivity contribution in [1.82, 2.24) is 0 Å². The first-order valence-electron chi connectivity index (χ1n) is 6.37. The van der Waals surface area contributed by atoms with Gasteiger partial charge >= 0.3 is 0 Å². The second kappa shape index (κ2) is 5.64. The van der Waals surface area contributed by atoms with Crippen molar-refractivity contribution < 1.29 is 4.79 Å². The van der Waals surface area contributed by atoms with E-state index < -0.39 is 0 Å². The van der Waals surface area contributed by atoms with E-state index in [4.69, 9.17) is 0 Å². The van der Waals surface area contributed by atoms with Gasteiger partial charge in [0.25, 0.3) is 5.91 Å². The van der Waals surface area contributed by atoms with Crippen LogP contribution in [0.3, 0.4) is 0 Å². The smallest absolute Gasteiger partial charge is 0.257 e. The summed E-state index contributed by atoms with van der Waals surface area (Å²) < 4.78 is 0. The summed E-state index contributed by atoms with van der Waals surface area (Å²) in [7, 11) is 0. The monoisotopic (exact) mass is 284 g/mol. The Bertz CT molecular complexity index is 628. The van der Waals surface area contributed by atoms with Crippen LogP contribution in [0.25, 0.3) is 6.08 Å². The second-order valence-electron chi connectivity index (χ2n) is 5.64. The Kier molecular flexibility index (Phi) is 4.10. The summed E-state index contributed by atoms with van der Waals surface area (Å²) in [6.45, 7) is 6.48. The van der Waals surface area contributed by atoms with Crippen molar-refractivity contribution in [3.63, 3.8) is 0 Å². The maximum Gasteiger partial charge on any atom is 0.257 e. The topological polar surface area (TPSA) is 53.2 Å². The first-order valence-corrected chi connectivity index (χ1v) is 7.36. The molecular formula is C16H16N2OS. The van der Waals surface area contributed by atoms with Crippen molar-refractivity contribution in [2.45, 2.75) is 26.2 Å². The van der Waals surface area contributed by atoms with Crippen LogP contribution in [-0.4, -0.2) is 16.7 Å². The fraction of sp³-hybridized carbons (Fsp3) is 0.312. The number of nitrogens with zero attached hydrogens (tertiary/aromatic N) is 2. The number of rotatable bonds is 2. The van der Waals surface area contributed by atoms with E-state index in [9.17, 15) is 10.1 Å². The summed E-state index contributed by atoms with van der Waals surface area (Å²) in [6, 6.07) is 10.2. The third-order valence-corrected chi connectivity index (χ3v) is 3.97. The molecular weight excluding hydrogens is 268 g/mol. The number of hydrogen-bond acceptors (Lipinski definition) is 3. The number of carbonyl (C=O) groups is 1. The highest BCUT2D eigenvalue weighted by Gasteiger charge is 2.18. The van der Waals surface area contributed by atoms with Gasteiger partial charge in [-0.3, -0.25) is 4.79 Å².